The van der Waals surface area contributed by atoms with E-state index in [1.807, 2.05) is 66.2 Å². The fourth-order valence-corrected chi connectivity index (χ4v) is 3.81. The lowest BCUT2D eigenvalue weighted by Gasteiger charge is -2.25. The third-order valence-electron chi connectivity index (χ3n) is 5.61. The van der Waals surface area contributed by atoms with Gasteiger partial charge in [0.15, 0.2) is 0 Å². The number of nitrogens with zero attached hydrogens (tertiary/aromatic N) is 3. The average molecular weight is 484 g/mol. The Kier molecular flexibility index (Phi) is 10.6. The first kappa shape index (κ1) is 26.7. The topological polar surface area (TPSA) is 78.2 Å². The predicted octanol–water partition coefficient (Wildman–Crippen LogP) is 4.08. The maximum atomic E-state index is 10.5. The molecular weight excluding hydrogens is 446 g/mol. The zero-order valence-electron chi connectivity index (χ0n) is 21.1. The van der Waals surface area contributed by atoms with E-state index in [2.05, 4.69) is 11.8 Å². The molecule has 0 aliphatic rings. The summed E-state index contributed by atoms with van der Waals surface area (Å²) < 4.78 is 24.3. The summed E-state index contributed by atoms with van der Waals surface area (Å²) in [6.07, 6.45) is 0.139. The normalized spacial score (nSPS) is 12.2. The van der Waals surface area contributed by atoms with Crippen molar-refractivity contribution in [2.24, 2.45) is 0 Å². The zero-order valence-corrected chi connectivity index (χ0v) is 21.1. The highest BCUT2D eigenvalue weighted by Gasteiger charge is 2.23. The van der Waals surface area contributed by atoms with Crippen LogP contribution in [0.4, 0.5) is 0 Å². The van der Waals surface area contributed by atoms with Crippen LogP contribution in [0.15, 0.2) is 54.6 Å². The van der Waals surface area contributed by atoms with Crippen molar-refractivity contribution in [1.82, 2.24) is 14.7 Å². The minimum atomic E-state index is -0.605. The molecule has 0 amide bonds. The molecule has 0 bridgehead atoms. The summed E-state index contributed by atoms with van der Waals surface area (Å²) in [7, 11) is 3.32. The Morgan fingerprint density at radius 3 is 2.34 bits per heavy atom. The van der Waals surface area contributed by atoms with Crippen molar-refractivity contribution in [2.45, 2.75) is 32.9 Å². The van der Waals surface area contributed by atoms with E-state index in [1.54, 1.807) is 14.2 Å². The van der Waals surface area contributed by atoms with Crippen LogP contribution >= 0.6 is 0 Å². The number of aliphatic hydroxyl groups excluding tert-OH is 1. The van der Waals surface area contributed by atoms with Crippen LogP contribution in [0.1, 0.15) is 25.1 Å². The summed E-state index contributed by atoms with van der Waals surface area (Å²) in [4.78, 5) is 2.15. The van der Waals surface area contributed by atoms with Crippen molar-refractivity contribution in [1.29, 1.82) is 0 Å². The second kappa shape index (κ2) is 13.8. The zero-order chi connectivity index (χ0) is 25.0. The second-order valence-corrected chi connectivity index (χ2v) is 8.15. The van der Waals surface area contributed by atoms with Gasteiger partial charge in [-0.25, -0.2) is 4.68 Å². The Labute approximate surface area is 208 Å². The number of aromatic nitrogens is 2. The summed E-state index contributed by atoms with van der Waals surface area (Å²) in [5, 5.41) is 15.4. The monoisotopic (exact) mass is 483 g/mol. The van der Waals surface area contributed by atoms with Crippen molar-refractivity contribution in [2.75, 3.05) is 47.1 Å². The number of aryl methyl sites for hydroxylation is 1. The summed E-state index contributed by atoms with van der Waals surface area (Å²) in [5.74, 6) is 2.10. The smallest absolute Gasteiger partial charge is 0.227 e. The SMILES string of the molecule is CCOC[C@H](O)CN(CCOC)Cc1c(CC)nn(-c2ccccc2)c1Oc1ccc(OC)cc1. The van der Waals surface area contributed by atoms with Gasteiger partial charge in [-0.1, -0.05) is 25.1 Å². The second-order valence-electron chi connectivity index (χ2n) is 8.15. The van der Waals surface area contributed by atoms with Crippen molar-refractivity contribution >= 4 is 0 Å². The summed E-state index contributed by atoms with van der Waals surface area (Å²) in [6, 6.07) is 17.4. The van der Waals surface area contributed by atoms with Gasteiger partial charge in [0.05, 0.1) is 43.4 Å². The van der Waals surface area contributed by atoms with E-state index >= 15 is 0 Å². The molecule has 1 aromatic heterocycles. The number of aliphatic hydroxyl groups is 1. The standard InChI is InChI=1S/C27H37N3O5/c1-5-26-25(19-29(16-17-32-3)18-22(31)20-34-6-2)27(30(28-26)21-10-8-7-9-11-21)35-24-14-12-23(33-4)13-15-24/h7-15,22,31H,5-6,16-20H2,1-4H3/t22-/m1/s1. The lowest BCUT2D eigenvalue weighted by atomic mass is 10.1. The molecule has 0 saturated carbocycles. The Bertz CT molecular complexity index is 1010. The maximum Gasteiger partial charge on any atom is 0.227 e. The van der Waals surface area contributed by atoms with Gasteiger partial charge in [0, 0.05) is 33.4 Å². The van der Waals surface area contributed by atoms with Gasteiger partial charge in [-0.2, -0.15) is 5.10 Å². The molecule has 0 aliphatic heterocycles. The van der Waals surface area contributed by atoms with Crippen LogP contribution in [0.2, 0.25) is 0 Å². The highest BCUT2D eigenvalue weighted by atomic mass is 16.5. The van der Waals surface area contributed by atoms with Gasteiger partial charge < -0.3 is 24.1 Å². The molecule has 0 aliphatic carbocycles. The number of para-hydroxylation sites is 1. The first-order valence-electron chi connectivity index (χ1n) is 12.0. The quantitative estimate of drug-likeness (QED) is 0.349. The molecule has 8 heteroatoms. The molecule has 1 atom stereocenters. The lowest BCUT2D eigenvalue weighted by molar-refractivity contribution is 0.0147. The molecule has 0 fully saturated rings. The Balaban J connectivity index is 1.98. The van der Waals surface area contributed by atoms with E-state index in [9.17, 15) is 5.11 Å². The number of rotatable bonds is 15. The molecule has 2 aromatic carbocycles. The van der Waals surface area contributed by atoms with Crippen molar-refractivity contribution in [3.8, 4) is 23.1 Å². The summed E-state index contributed by atoms with van der Waals surface area (Å²) in [5.41, 5.74) is 2.84. The van der Waals surface area contributed by atoms with Gasteiger partial charge in [-0.15, -0.1) is 0 Å². The molecule has 0 radical (unpaired) electrons. The van der Waals surface area contributed by atoms with Gasteiger partial charge in [0.1, 0.15) is 11.5 Å². The molecule has 8 nitrogen and oxygen atoms in total. The van der Waals surface area contributed by atoms with Crippen molar-refractivity contribution < 1.29 is 24.1 Å². The highest BCUT2D eigenvalue weighted by Crippen LogP contribution is 2.33. The van der Waals surface area contributed by atoms with Gasteiger partial charge >= 0.3 is 0 Å². The highest BCUT2D eigenvalue weighted by molar-refractivity contribution is 5.44. The van der Waals surface area contributed by atoms with Crippen LogP contribution in [-0.4, -0.2) is 73.0 Å². The van der Waals surface area contributed by atoms with Gasteiger partial charge in [-0.3, -0.25) is 4.90 Å². The minimum absolute atomic E-state index is 0.291. The first-order chi connectivity index (χ1) is 17.1. The van der Waals surface area contributed by atoms with E-state index in [0.717, 1.165) is 29.1 Å². The van der Waals surface area contributed by atoms with E-state index < -0.39 is 6.10 Å². The molecule has 1 heterocycles. The van der Waals surface area contributed by atoms with Crippen molar-refractivity contribution in [3.05, 3.63) is 65.9 Å². The molecule has 0 spiro atoms. The Morgan fingerprint density at radius 1 is 1.00 bits per heavy atom. The molecule has 0 unspecified atom stereocenters. The number of ether oxygens (including phenoxy) is 4. The molecule has 190 valence electrons. The summed E-state index contributed by atoms with van der Waals surface area (Å²) in [6.45, 7) is 7.06. The molecule has 3 rings (SSSR count). The number of hydrogen-bond acceptors (Lipinski definition) is 7. The summed E-state index contributed by atoms with van der Waals surface area (Å²) >= 11 is 0. The Hall–Kier alpha value is -2.91. The Morgan fingerprint density at radius 2 is 1.71 bits per heavy atom. The molecule has 35 heavy (non-hydrogen) atoms. The molecular formula is C27H37N3O5. The average Bonchev–Trinajstić information content (AvgIpc) is 3.23. The van der Waals surface area contributed by atoms with Crippen LogP contribution in [-0.2, 0) is 22.4 Å². The number of methoxy groups -OCH3 is 2. The molecule has 0 saturated heterocycles. The fraction of sp³-hybridized carbons (Fsp3) is 0.444. The predicted molar refractivity (Wildman–Crippen MR) is 136 cm³/mol. The van der Waals surface area contributed by atoms with Crippen LogP contribution in [0, 0.1) is 0 Å². The maximum absolute atomic E-state index is 10.5. The fourth-order valence-electron chi connectivity index (χ4n) is 3.81. The third-order valence-corrected chi connectivity index (χ3v) is 5.61. The van der Waals surface area contributed by atoms with Crippen molar-refractivity contribution in [3.63, 3.8) is 0 Å². The molecule has 3 aromatic rings. The largest absolute Gasteiger partial charge is 0.497 e. The third kappa shape index (κ3) is 7.53. The van der Waals surface area contributed by atoms with Gasteiger partial charge in [0.25, 0.3) is 0 Å². The van der Waals surface area contributed by atoms with Crippen LogP contribution in [0.5, 0.6) is 17.4 Å². The number of benzene rings is 2. The van der Waals surface area contributed by atoms with Gasteiger partial charge in [-0.05, 0) is 49.7 Å². The minimum Gasteiger partial charge on any atom is -0.497 e. The van der Waals surface area contributed by atoms with E-state index in [1.165, 1.54) is 0 Å². The van der Waals surface area contributed by atoms with E-state index in [0.29, 0.717) is 51.1 Å². The van der Waals surface area contributed by atoms with Crippen LogP contribution < -0.4 is 9.47 Å². The van der Waals surface area contributed by atoms with Gasteiger partial charge in [0.2, 0.25) is 5.88 Å². The number of hydrogen-bond donors (Lipinski definition) is 1. The van der Waals surface area contributed by atoms with E-state index in [-0.39, 0.29) is 0 Å². The van der Waals surface area contributed by atoms with Crippen LogP contribution in [0.3, 0.4) is 0 Å². The van der Waals surface area contributed by atoms with Crippen LogP contribution in [0.25, 0.3) is 5.69 Å². The van der Waals surface area contributed by atoms with E-state index in [4.69, 9.17) is 24.0 Å². The first-order valence-corrected chi connectivity index (χ1v) is 12.0. The lowest BCUT2D eigenvalue weighted by Crippen LogP contribution is -2.36. The molecule has 1 N–H and O–H groups in total.